The zero-order valence-electron chi connectivity index (χ0n) is 8.64. The number of hydrogen-bond donors (Lipinski definition) is 1. The average Bonchev–Trinajstić information content (AvgIpc) is 2.31. The molecule has 0 saturated carbocycles. The second kappa shape index (κ2) is 4.69. The molecule has 0 aliphatic heterocycles. The summed E-state index contributed by atoms with van der Waals surface area (Å²) in [6.45, 7) is 0. The molecule has 86 valence electrons. The summed E-state index contributed by atoms with van der Waals surface area (Å²) < 4.78 is 25.8. The standard InChI is InChI=1S/C12H8F2N2O/c13-8-2-1-3-9(6-8)15-16-10-4-5-12(17)11(14)7-10/h1-7,17H. The first-order valence-electron chi connectivity index (χ1n) is 4.81. The van der Waals surface area contributed by atoms with E-state index in [2.05, 4.69) is 10.2 Å². The number of benzene rings is 2. The molecule has 0 unspecified atom stereocenters. The Morgan fingerprint density at radius 1 is 0.882 bits per heavy atom. The highest BCUT2D eigenvalue weighted by Crippen LogP contribution is 2.23. The quantitative estimate of drug-likeness (QED) is 0.781. The molecule has 5 heteroatoms. The lowest BCUT2D eigenvalue weighted by molar-refractivity contribution is 0.432. The topological polar surface area (TPSA) is 45.0 Å². The van der Waals surface area contributed by atoms with Crippen molar-refractivity contribution in [1.29, 1.82) is 0 Å². The van der Waals surface area contributed by atoms with Gasteiger partial charge in [0.25, 0.3) is 0 Å². The predicted molar refractivity (Wildman–Crippen MR) is 58.6 cm³/mol. The Kier molecular flexibility index (Phi) is 3.09. The molecule has 0 bridgehead atoms. The Labute approximate surface area is 96.1 Å². The number of phenols is 1. The maximum Gasteiger partial charge on any atom is 0.167 e. The fourth-order valence-corrected chi connectivity index (χ4v) is 1.21. The summed E-state index contributed by atoms with van der Waals surface area (Å²) in [6, 6.07) is 9.19. The highest BCUT2D eigenvalue weighted by molar-refractivity contribution is 5.43. The molecule has 0 fully saturated rings. The number of nitrogens with zero attached hydrogens (tertiary/aromatic N) is 2. The number of rotatable bonds is 2. The van der Waals surface area contributed by atoms with Crippen LogP contribution in [0, 0.1) is 11.6 Å². The van der Waals surface area contributed by atoms with Crippen LogP contribution >= 0.6 is 0 Å². The summed E-state index contributed by atoms with van der Waals surface area (Å²) in [4.78, 5) is 0. The monoisotopic (exact) mass is 234 g/mol. The van der Waals surface area contributed by atoms with Gasteiger partial charge in [-0.15, -0.1) is 0 Å². The maximum absolute atomic E-state index is 13.0. The van der Waals surface area contributed by atoms with Gasteiger partial charge in [0.2, 0.25) is 0 Å². The van der Waals surface area contributed by atoms with Gasteiger partial charge in [-0.25, -0.2) is 8.78 Å². The average molecular weight is 234 g/mol. The number of phenolic OH excluding ortho intramolecular Hbond substituents is 1. The van der Waals surface area contributed by atoms with Crippen molar-refractivity contribution in [3.05, 3.63) is 54.1 Å². The van der Waals surface area contributed by atoms with Crippen LogP contribution < -0.4 is 0 Å². The summed E-state index contributed by atoms with van der Waals surface area (Å²) >= 11 is 0. The van der Waals surface area contributed by atoms with Gasteiger partial charge in [-0.05, 0) is 24.3 Å². The number of halogens is 2. The van der Waals surface area contributed by atoms with Crippen molar-refractivity contribution in [2.75, 3.05) is 0 Å². The third-order valence-electron chi connectivity index (χ3n) is 2.02. The molecule has 1 N–H and O–H groups in total. The molecule has 17 heavy (non-hydrogen) atoms. The lowest BCUT2D eigenvalue weighted by Gasteiger charge is -1.96. The minimum absolute atomic E-state index is 0.240. The molecular formula is C12H8F2N2O. The predicted octanol–water partition coefficient (Wildman–Crippen LogP) is 4.09. The van der Waals surface area contributed by atoms with E-state index in [0.29, 0.717) is 5.69 Å². The van der Waals surface area contributed by atoms with E-state index < -0.39 is 17.4 Å². The molecule has 0 aliphatic rings. The van der Waals surface area contributed by atoms with Crippen LogP contribution in [-0.4, -0.2) is 5.11 Å². The van der Waals surface area contributed by atoms with E-state index in [0.717, 1.165) is 6.07 Å². The Morgan fingerprint density at radius 3 is 2.24 bits per heavy atom. The van der Waals surface area contributed by atoms with Crippen molar-refractivity contribution in [3.63, 3.8) is 0 Å². The molecule has 0 aromatic heterocycles. The number of azo groups is 1. The highest BCUT2D eigenvalue weighted by Gasteiger charge is 2.00. The molecule has 3 nitrogen and oxygen atoms in total. The molecule has 0 saturated heterocycles. The van der Waals surface area contributed by atoms with E-state index in [1.807, 2.05) is 0 Å². The smallest absolute Gasteiger partial charge is 0.167 e. The van der Waals surface area contributed by atoms with Gasteiger partial charge in [-0.2, -0.15) is 10.2 Å². The second-order valence-electron chi connectivity index (χ2n) is 3.32. The van der Waals surface area contributed by atoms with Crippen LogP contribution in [0.2, 0.25) is 0 Å². The molecular weight excluding hydrogens is 226 g/mol. The zero-order chi connectivity index (χ0) is 12.3. The third kappa shape index (κ3) is 2.84. The molecule has 2 aromatic rings. The van der Waals surface area contributed by atoms with Gasteiger partial charge in [0.05, 0.1) is 11.4 Å². The van der Waals surface area contributed by atoms with Crippen molar-refractivity contribution >= 4 is 11.4 Å². The van der Waals surface area contributed by atoms with Gasteiger partial charge in [0.1, 0.15) is 5.82 Å². The van der Waals surface area contributed by atoms with Gasteiger partial charge in [0, 0.05) is 12.1 Å². The summed E-state index contributed by atoms with van der Waals surface area (Å²) in [5.41, 5.74) is 0.572. The fraction of sp³-hybridized carbons (Fsp3) is 0. The molecule has 0 aliphatic carbocycles. The van der Waals surface area contributed by atoms with Crippen LogP contribution in [0.3, 0.4) is 0 Å². The Hall–Kier alpha value is -2.30. The van der Waals surface area contributed by atoms with Crippen molar-refractivity contribution in [2.24, 2.45) is 10.2 Å². The van der Waals surface area contributed by atoms with Crippen molar-refractivity contribution in [3.8, 4) is 5.75 Å². The first kappa shape index (κ1) is 11.2. The molecule has 0 spiro atoms. The molecule has 0 atom stereocenters. The van der Waals surface area contributed by atoms with Crippen LogP contribution in [0.15, 0.2) is 52.7 Å². The summed E-state index contributed by atoms with van der Waals surface area (Å²) in [7, 11) is 0. The first-order valence-corrected chi connectivity index (χ1v) is 4.81. The molecule has 2 rings (SSSR count). The van der Waals surface area contributed by atoms with Crippen LogP contribution in [-0.2, 0) is 0 Å². The van der Waals surface area contributed by atoms with Crippen LogP contribution in [0.5, 0.6) is 5.75 Å². The lowest BCUT2D eigenvalue weighted by atomic mass is 10.3. The zero-order valence-corrected chi connectivity index (χ0v) is 8.64. The SMILES string of the molecule is Oc1ccc(N=Nc2cccc(F)c2)cc1F. The van der Waals surface area contributed by atoms with E-state index >= 15 is 0 Å². The van der Waals surface area contributed by atoms with Gasteiger partial charge >= 0.3 is 0 Å². The van der Waals surface area contributed by atoms with Crippen LogP contribution in [0.1, 0.15) is 0 Å². The van der Waals surface area contributed by atoms with Gasteiger partial charge in [0.15, 0.2) is 11.6 Å². The van der Waals surface area contributed by atoms with Crippen molar-refractivity contribution < 1.29 is 13.9 Å². The number of hydrogen-bond acceptors (Lipinski definition) is 3. The minimum atomic E-state index is -0.777. The molecule has 0 amide bonds. The maximum atomic E-state index is 13.0. The van der Waals surface area contributed by atoms with Crippen molar-refractivity contribution in [1.82, 2.24) is 0 Å². The third-order valence-corrected chi connectivity index (χ3v) is 2.02. The van der Waals surface area contributed by atoms with Crippen LogP contribution in [0.4, 0.5) is 20.2 Å². The van der Waals surface area contributed by atoms with E-state index in [1.165, 1.54) is 30.3 Å². The highest BCUT2D eigenvalue weighted by atomic mass is 19.1. The van der Waals surface area contributed by atoms with E-state index in [1.54, 1.807) is 6.07 Å². The van der Waals surface area contributed by atoms with Gasteiger partial charge in [-0.3, -0.25) is 0 Å². The second-order valence-corrected chi connectivity index (χ2v) is 3.32. The summed E-state index contributed by atoms with van der Waals surface area (Å²) in [5, 5.41) is 16.4. The van der Waals surface area contributed by atoms with E-state index in [4.69, 9.17) is 5.11 Å². The van der Waals surface area contributed by atoms with Gasteiger partial charge < -0.3 is 5.11 Å². The molecule has 2 aromatic carbocycles. The van der Waals surface area contributed by atoms with Crippen LogP contribution in [0.25, 0.3) is 0 Å². The first-order chi connectivity index (χ1) is 8.15. The summed E-state index contributed by atoms with van der Waals surface area (Å²) in [5.74, 6) is -1.64. The molecule has 0 heterocycles. The largest absolute Gasteiger partial charge is 0.505 e. The Balaban J connectivity index is 2.23. The minimum Gasteiger partial charge on any atom is -0.505 e. The van der Waals surface area contributed by atoms with E-state index in [9.17, 15) is 8.78 Å². The van der Waals surface area contributed by atoms with Gasteiger partial charge in [-0.1, -0.05) is 6.07 Å². The number of aromatic hydroxyl groups is 1. The lowest BCUT2D eigenvalue weighted by Crippen LogP contribution is -1.74. The molecule has 0 radical (unpaired) electrons. The van der Waals surface area contributed by atoms with E-state index in [-0.39, 0.29) is 5.69 Å². The van der Waals surface area contributed by atoms with Crippen molar-refractivity contribution in [2.45, 2.75) is 0 Å². The normalized spacial score (nSPS) is 10.9. The summed E-state index contributed by atoms with van der Waals surface area (Å²) in [6.07, 6.45) is 0. The fourth-order valence-electron chi connectivity index (χ4n) is 1.21. The Morgan fingerprint density at radius 2 is 1.59 bits per heavy atom. The Bertz CT molecular complexity index is 570.